The Morgan fingerprint density at radius 3 is 3.12 bits per heavy atom. The van der Waals surface area contributed by atoms with Gasteiger partial charge in [0.2, 0.25) is 5.91 Å². The van der Waals surface area contributed by atoms with Crippen LogP contribution in [0.3, 0.4) is 0 Å². The van der Waals surface area contributed by atoms with Crippen molar-refractivity contribution in [1.82, 2.24) is 4.90 Å². The normalized spacial score (nSPS) is 31.8. The number of carbonyl (C=O) groups is 2. The Morgan fingerprint density at radius 2 is 2.50 bits per heavy atom. The maximum absolute atomic E-state index is 12.0. The third-order valence-electron chi connectivity index (χ3n) is 2.94. The number of rotatable bonds is 3. The van der Waals surface area contributed by atoms with Gasteiger partial charge in [-0.2, -0.15) is 0 Å². The molecule has 0 saturated carbocycles. The molecule has 0 radical (unpaired) electrons. The number of carbonyl (C=O) groups excluding carboxylic acids is 2. The summed E-state index contributed by atoms with van der Waals surface area (Å²) in [5.74, 6) is -0.290. The molecule has 0 aromatic carbocycles. The number of nitrogens with zero attached hydrogens (tertiary/aromatic N) is 1. The molecule has 4 nitrogen and oxygen atoms in total. The van der Waals surface area contributed by atoms with Crippen LogP contribution in [0.4, 0.5) is 0 Å². The maximum Gasteiger partial charge on any atom is 0.330 e. The molecule has 5 heteroatoms. The van der Waals surface area contributed by atoms with Crippen molar-refractivity contribution in [2.75, 3.05) is 6.61 Å². The highest BCUT2D eigenvalue weighted by molar-refractivity contribution is 8.01. The van der Waals surface area contributed by atoms with E-state index in [-0.39, 0.29) is 35.5 Å². The second-order valence-corrected chi connectivity index (χ2v) is 6.44. The second kappa shape index (κ2) is 3.95. The molecule has 0 aliphatic carbocycles. The van der Waals surface area contributed by atoms with Crippen molar-refractivity contribution in [3.05, 3.63) is 0 Å². The molecule has 2 aliphatic heterocycles. The number of fused-ring (bicyclic) bond motifs is 1. The number of ether oxygens (including phenoxy) is 1. The lowest BCUT2D eigenvalue weighted by Crippen LogP contribution is -2.57. The van der Waals surface area contributed by atoms with E-state index in [2.05, 4.69) is 0 Å². The molecule has 0 N–H and O–H groups in total. The fraction of sp³-hybridized carbons (Fsp3) is 0.818. The predicted molar refractivity (Wildman–Crippen MR) is 62.0 cm³/mol. The Balaban J connectivity index is 2.02. The molecule has 2 heterocycles. The number of hydrogen-bond acceptors (Lipinski definition) is 4. The molecule has 0 unspecified atom stereocenters. The lowest BCUT2D eigenvalue weighted by Gasteiger charge is -2.37. The van der Waals surface area contributed by atoms with Gasteiger partial charge in [0, 0.05) is 6.12 Å². The van der Waals surface area contributed by atoms with Crippen molar-refractivity contribution < 1.29 is 15.7 Å². The van der Waals surface area contributed by atoms with Crippen LogP contribution < -0.4 is 0 Å². The van der Waals surface area contributed by atoms with Crippen LogP contribution in [-0.2, 0) is 14.3 Å². The average molecular weight is 244 g/mol. The Kier molecular flexibility index (Phi) is 2.58. The van der Waals surface area contributed by atoms with E-state index in [1.54, 1.807) is 16.7 Å². The van der Waals surface area contributed by atoms with Gasteiger partial charge < -0.3 is 9.64 Å². The van der Waals surface area contributed by atoms with Crippen LogP contribution >= 0.6 is 11.8 Å². The van der Waals surface area contributed by atoms with Crippen LogP contribution in [0.1, 0.15) is 35.0 Å². The van der Waals surface area contributed by atoms with Gasteiger partial charge in [0.05, 0.1) is 18.4 Å². The van der Waals surface area contributed by atoms with Crippen LogP contribution in [0.2, 0.25) is 0 Å². The lowest BCUT2D eigenvalue weighted by molar-refractivity contribution is -0.161. The molecule has 1 amide bonds. The Morgan fingerprint density at radius 1 is 1.75 bits per heavy atom. The summed E-state index contributed by atoms with van der Waals surface area (Å²) in [5, 5.41) is 0.145. The maximum atomic E-state index is 12.0. The van der Waals surface area contributed by atoms with Gasteiger partial charge in [-0.05, 0) is 20.3 Å². The van der Waals surface area contributed by atoms with Crippen LogP contribution in [0.15, 0.2) is 0 Å². The van der Waals surface area contributed by atoms with Crippen molar-refractivity contribution in [2.45, 2.75) is 49.8 Å². The molecule has 2 fully saturated rings. The summed E-state index contributed by atoms with van der Waals surface area (Å²) in [6.07, 6.45) is 1.08. The van der Waals surface area contributed by atoms with Gasteiger partial charge in [0.25, 0.3) is 0 Å². The molecule has 0 bridgehead atoms. The highest BCUT2D eigenvalue weighted by Crippen LogP contribution is 2.50. The van der Waals surface area contributed by atoms with Crippen molar-refractivity contribution >= 4 is 23.6 Å². The SMILES string of the molecule is [2H]CCCOC(=O)[C@@H]1N2C(=O)C[C@H]2SC1(C)C. The highest BCUT2D eigenvalue weighted by atomic mass is 32.2. The predicted octanol–water partition coefficient (Wildman–Crippen LogP) is 1.39. The molecule has 2 saturated heterocycles. The molecule has 2 atom stereocenters. The van der Waals surface area contributed by atoms with Crippen LogP contribution in [0.25, 0.3) is 0 Å². The number of esters is 1. The summed E-state index contributed by atoms with van der Waals surface area (Å²) in [4.78, 5) is 25.1. The van der Waals surface area contributed by atoms with E-state index in [1.165, 1.54) is 0 Å². The van der Waals surface area contributed by atoms with Crippen LogP contribution in [-0.4, -0.2) is 39.5 Å². The molecule has 0 spiro atoms. The minimum absolute atomic E-state index is 0.0375. The summed E-state index contributed by atoms with van der Waals surface area (Å²) < 4.78 is 11.8. The number of hydrogen-bond donors (Lipinski definition) is 0. The standard InChI is InChI=1S/C11H17NO3S/c1-4-5-15-10(14)9-11(2,3)16-8-6-7(13)12(8)9/h8-9H,4-6H2,1-3H3/t8-,9+/m1/s1/i1D. The third-order valence-corrected chi connectivity index (χ3v) is 4.43. The minimum atomic E-state index is -0.468. The van der Waals surface area contributed by atoms with Gasteiger partial charge in [-0.15, -0.1) is 11.8 Å². The summed E-state index contributed by atoms with van der Waals surface area (Å²) in [6, 6.07) is -0.468. The molecule has 0 aromatic rings. The van der Waals surface area contributed by atoms with Gasteiger partial charge >= 0.3 is 5.97 Å². The van der Waals surface area contributed by atoms with Gasteiger partial charge in [-0.3, -0.25) is 4.79 Å². The Bertz CT molecular complexity index is 348. The van der Waals surface area contributed by atoms with E-state index in [0.29, 0.717) is 12.8 Å². The molecular weight excluding hydrogens is 226 g/mol. The third kappa shape index (κ3) is 1.71. The topological polar surface area (TPSA) is 46.6 Å². The highest BCUT2D eigenvalue weighted by Gasteiger charge is 2.58. The van der Waals surface area contributed by atoms with E-state index in [4.69, 9.17) is 6.11 Å². The summed E-state index contributed by atoms with van der Waals surface area (Å²) in [7, 11) is 0. The largest absolute Gasteiger partial charge is 0.464 e. The Labute approximate surface area is 101 Å². The zero-order valence-electron chi connectivity index (χ0n) is 10.6. The smallest absolute Gasteiger partial charge is 0.330 e. The average Bonchev–Trinajstić information content (AvgIpc) is 2.45. The van der Waals surface area contributed by atoms with E-state index < -0.39 is 6.04 Å². The van der Waals surface area contributed by atoms with Gasteiger partial charge in [0.1, 0.15) is 6.04 Å². The van der Waals surface area contributed by atoms with Gasteiger partial charge in [-0.25, -0.2) is 4.79 Å². The zero-order valence-corrected chi connectivity index (χ0v) is 10.4. The van der Waals surface area contributed by atoms with Gasteiger partial charge in [0.15, 0.2) is 0 Å². The summed E-state index contributed by atoms with van der Waals surface area (Å²) >= 11 is 1.66. The summed E-state index contributed by atoms with van der Waals surface area (Å²) in [6.45, 7) is 4.47. The van der Waals surface area contributed by atoms with E-state index in [0.717, 1.165) is 0 Å². The molecule has 16 heavy (non-hydrogen) atoms. The van der Waals surface area contributed by atoms with E-state index in [1.807, 2.05) is 13.8 Å². The van der Waals surface area contributed by atoms with Crippen LogP contribution in [0, 0.1) is 0 Å². The lowest BCUT2D eigenvalue weighted by atomic mass is 9.98. The number of thioether (sulfide) groups is 1. The molecule has 2 rings (SSSR count). The Hall–Kier alpha value is -0.710. The monoisotopic (exact) mass is 244 g/mol. The van der Waals surface area contributed by atoms with Crippen LogP contribution in [0.5, 0.6) is 0 Å². The first-order valence-corrected chi connectivity index (χ1v) is 6.30. The molecule has 0 aromatic heterocycles. The fourth-order valence-electron chi connectivity index (χ4n) is 2.21. The summed E-state index contributed by atoms with van der Waals surface area (Å²) in [5.41, 5.74) is 0. The fourth-order valence-corrected chi connectivity index (χ4v) is 3.83. The molecule has 2 aliphatic rings. The van der Waals surface area contributed by atoms with E-state index in [9.17, 15) is 9.59 Å². The first-order chi connectivity index (χ1) is 7.97. The number of β-lactam (4-membered cyclic amide) rings is 1. The van der Waals surface area contributed by atoms with Crippen molar-refractivity contribution in [1.29, 1.82) is 0 Å². The zero-order chi connectivity index (χ0) is 12.6. The van der Waals surface area contributed by atoms with Gasteiger partial charge in [-0.1, -0.05) is 6.90 Å². The molecule has 90 valence electrons. The second-order valence-electron chi connectivity index (χ2n) is 4.60. The molecular formula is C11H17NO3S. The first-order valence-electron chi connectivity index (χ1n) is 6.13. The van der Waals surface area contributed by atoms with Crippen molar-refractivity contribution in [3.8, 4) is 0 Å². The minimum Gasteiger partial charge on any atom is -0.464 e. The van der Waals surface area contributed by atoms with Crippen molar-refractivity contribution in [2.24, 2.45) is 0 Å². The van der Waals surface area contributed by atoms with Crippen molar-refractivity contribution in [3.63, 3.8) is 0 Å². The van der Waals surface area contributed by atoms with E-state index >= 15 is 0 Å². The first kappa shape index (κ1) is 10.4. The quantitative estimate of drug-likeness (QED) is 0.427. The number of amides is 1.